The summed E-state index contributed by atoms with van der Waals surface area (Å²) < 4.78 is 0.581. The third-order valence-corrected chi connectivity index (χ3v) is 2.66. The number of hydrogen-bond acceptors (Lipinski definition) is 3. The first-order valence-corrected chi connectivity index (χ1v) is 4.39. The maximum atomic E-state index is 10.9. The molecular weight excluding hydrogens is 269 g/mol. The minimum absolute atomic E-state index is 0.0563. The molecule has 0 atom stereocenters. The molecule has 0 aliphatic rings. The van der Waals surface area contributed by atoms with Crippen molar-refractivity contribution in [2.75, 3.05) is 5.73 Å². The van der Waals surface area contributed by atoms with Gasteiger partial charge in [0.15, 0.2) is 5.78 Å². The maximum absolute atomic E-state index is 10.9. The highest BCUT2D eigenvalue weighted by Gasteiger charge is 2.07. The number of phenolic OH excluding ortho intramolecular Hbond substituents is 1. The van der Waals surface area contributed by atoms with E-state index in [1.54, 1.807) is 6.07 Å². The van der Waals surface area contributed by atoms with Crippen LogP contribution in [0.15, 0.2) is 12.1 Å². The Bertz CT molecular complexity index is 313. The van der Waals surface area contributed by atoms with E-state index in [1.165, 1.54) is 13.0 Å². The van der Waals surface area contributed by atoms with Crippen LogP contribution in [0.2, 0.25) is 0 Å². The van der Waals surface area contributed by atoms with Crippen molar-refractivity contribution in [3.8, 4) is 5.75 Å². The molecule has 0 aliphatic heterocycles. The number of hydrogen-bond donors (Lipinski definition) is 2. The number of anilines is 1. The molecule has 64 valence electrons. The number of ketones is 1. The van der Waals surface area contributed by atoms with E-state index in [1.807, 2.05) is 22.6 Å². The fourth-order valence-corrected chi connectivity index (χ4v) is 1.15. The Labute approximate surface area is 83.7 Å². The first kappa shape index (κ1) is 9.31. The zero-order valence-corrected chi connectivity index (χ0v) is 8.62. The molecule has 0 aliphatic carbocycles. The summed E-state index contributed by atoms with van der Waals surface area (Å²) in [5.74, 6) is -0.0470. The van der Waals surface area contributed by atoms with Crippen molar-refractivity contribution >= 4 is 34.1 Å². The number of aromatic hydroxyl groups is 1. The van der Waals surface area contributed by atoms with Gasteiger partial charge in [0.25, 0.3) is 0 Å². The van der Waals surface area contributed by atoms with Crippen molar-refractivity contribution < 1.29 is 9.90 Å². The Morgan fingerprint density at radius 2 is 2.17 bits per heavy atom. The van der Waals surface area contributed by atoms with Crippen molar-refractivity contribution in [3.63, 3.8) is 0 Å². The summed E-state index contributed by atoms with van der Waals surface area (Å²) in [5.41, 5.74) is 6.41. The predicted molar refractivity (Wildman–Crippen MR) is 55.2 cm³/mol. The quantitative estimate of drug-likeness (QED) is 0.467. The molecule has 0 fully saturated rings. The van der Waals surface area contributed by atoms with Gasteiger partial charge in [-0.1, -0.05) is 0 Å². The van der Waals surface area contributed by atoms with Gasteiger partial charge in [0, 0.05) is 11.3 Å². The standard InChI is InChI=1S/C8H8INO2/c1-4(11)5-2-6(10)8(9)7(12)3-5/h2-3,12H,10H2,1H3. The van der Waals surface area contributed by atoms with E-state index in [4.69, 9.17) is 5.73 Å². The highest BCUT2D eigenvalue weighted by molar-refractivity contribution is 14.1. The van der Waals surface area contributed by atoms with E-state index in [9.17, 15) is 9.90 Å². The summed E-state index contributed by atoms with van der Waals surface area (Å²) in [7, 11) is 0. The number of nitrogen functional groups attached to an aromatic ring is 1. The molecule has 1 aromatic carbocycles. The maximum Gasteiger partial charge on any atom is 0.160 e. The van der Waals surface area contributed by atoms with Gasteiger partial charge in [0.2, 0.25) is 0 Å². The Kier molecular flexibility index (Phi) is 2.56. The average molecular weight is 277 g/mol. The van der Waals surface area contributed by atoms with E-state index < -0.39 is 0 Å². The summed E-state index contributed by atoms with van der Waals surface area (Å²) >= 11 is 1.92. The molecule has 0 heterocycles. The lowest BCUT2D eigenvalue weighted by molar-refractivity contribution is 0.101. The van der Waals surface area contributed by atoms with E-state index in [2.05, 4.69) is 0 Å². The Hall–Kier alpha value is -0.780. The molecule has 1 aromatic rings. The van der Waals surface area contributed by atoms with Crippen LogP contribution in [0, 0.1) is 3.57 Å². The van der Waals surface area contributed by atoms with Crippen LogP contribution in [0.1, 0.15) is 17.3 Å². The van der Waals surface area contributed by atoms with Crippen molar-refractivity contribution in [2.24, 2.45) is 0 Å². The van der Waals surface area contributed by atoms with Crippen LogP contribution in [0.4, 0.5) is 5.69 Å². The molecule has 0 saturated heterocycles. The molecule has 12 heavy (non-hydrogen) atoms. The third kappa shape index (κ3) is 1.69. The van der Waals surface area contributed by atoms with Crippen LogP contribution in [0.5, 0.6) is 5.75 Å². The molecule has 0 unspecified atom stereocenters. The summed E-state index contributed by atoms with van der Waals surface area (Å²) in [6, 6.07) is 2.98. The van der Waals surface area contributed by atoms with Gasteiger partial charge in [-0.3, -0.25) is 4.79 Å². The summed E-state index contributed by atoms with van der Waals surface area (Å²) in [4.78, 5) is 10.9. The number of Topliss-reactive ketones (excluding diaryl/α,β-unsaturated/α-hetero) is 1. The lowest BCUT2D eigenvalue weighted by Gasteiger charge is -2.03. The zero-order valence-electron chi connectivity index (χ0n) is 6.47. The van der Waals surface area contributed by atoms with Gasteiger partial charge in [-0.15, -0.1) is 0 Å². The van der Waals surface area contributed by atoms with E-state index in [0.717, 1.165) is 0 Å². The summed E-state index contributed by atoms with van der Waals surface area (Å²) in [6.07, 6.45) is 0. The van der Waals surface area contributed by atoms with Crippen LogP contribution >= 0.6 is 22.6 Å². The van der Waals surface area contributed by atoms with Crippen LogP contribution in [-0.4, -0.2) is 10.9 Å². The molecule has 0 spiro atoms. The molecule has 1 rings (SSSR count). The fourth-order valence-electron chi connectivity index (χ4n) is 0.834. The molecule has 0 saturated carbocycles. The molecule has 4 heteroatoms. The topological polar surface area (TPSA) is 63.3 Å². The molecule has 3 nitrogen and oxygen atoms in total. The Balaban J connectivity index is 3.31. The number of phenols is 1. The number of carbonyl (C=O) groups is 1. The molecule has 0 bridgehead atoms. The highest BCUT2D eigenvalue weighted by Crippen LogP contribution is 2.27. The molecule has 0 amide bonds. The number of rotatable bonds is 1. The monoisotopic (exact) mass is 277 g/mol. The van der Waals surface area contributed by atoms with Gasteiger partial charge in [-0.2, -0.15) is 0 Å². The van der Waals surface area contributed by atoms with Gasteiger partial charge in [0.1, 0.15) is 5.75 Å². The smallest absolute Gasteiger partial charge is 0.160 e. The molecular formula is C8H8INO2. The summed E-state index contributed by atoms with van der Waals surface area (Å²) in [5, 5.41) is 9.29. The molecule has 3 N–H and O–H groups in total. The number of halogens is 1. The Morgan fingerprint density at radius 1 is 1.58 bits per heavy atom. The van der Waals surface area contributed by atoms with Crippen LogP contribution in [0.25, 0.3) is 0 Å². The van der Waals surface area contributed by atoms with E-state index in [0.29, 0.717) is 14.8 Å². The van der Waals surface area contributed by atoms with Crippen LogP contribution < -0.4 is 5.73 Å². The number of nitrogens with two attached hydrogens (primary N) is 1. The fraction of sp³-hybridized carbons (Fsp3) is 0.125. The highest BCUT2D eigenvalue weighted by atomic mass is 127. The van der Waals surface area contributed by atoms with Gasteiger partial charge in [-0.05, 0) is 41.6 Å². The third-order valence-electron chi connectivity index (χ3n) is 1.49. The molecule has 0 radical (unpaired) electrons. The Morgan fingerprint density at radius 3 is 2.58 bits per heavy atom. The molecule has 0 aromatic heterocycles. The lowest BCUT2D eigenvalue weighted by Crippen LogP contribution is -1.96. The van der Waals surface area contributed by atoms with Gasteiger partial charge >= 0.3 is 0 Å². The lowest BCUT2D eigenvalue weighted by atomic mass is 10.1. The number of carbonyl (C=O) groups excluding carboxylic acids is 1. The average Bonchev–Trinajstić information content (AvgIpc) is 1.99. The first-order chi connectivity index (χ1) is 5.52. The van der Waals surface area contributed by atoms with Crippen molar-refractivity contribution in [2.45, 2.75) is 6.92 Å². The predicted octanol–water partition coefficient (Wildman–Crippen LogP) is 1.78. The SMILES string of the molecule is CC(=O)c1cc(N)c(I)c(O)c1. The summed E-state index contributed by atoms with van der Waals surface area (Å²) in [6.45, 7) is 1.43. The van der Waals surface area contributed by atoms with Gasteiger partial charge in [-0.25, -0.2) is 0 Å². The zero-order chi connectivity index (χ0) is 9.30. The van der Waals surface area contributed by atoms with Crippen molar-refractivity contribution in [1.82, 2.24) is 0 Å². The van der Waals surface area contributed by atoms with Crippen molar-refractivity contribution in [3.05, 3.63) is 21.3 Å². The van der Waals surface area contributed by atoms with Gasteiger partial charge in [0.05, 0.1) is 3.57 Å². The minimum Gasteiger partial charge on any atom is -0.507 e. The largest absolute Gasteiger partial charge is 0.507 e. The first-order valence-electron chi connectivity index (χ1n) is 3.31. The van der Waals surface area contributed by atoms with E-state index in [-0.39, 0.29) is 11.5 Å². The van der Waals surface area contributed by atoms with E-state index >= 15 is 0 Å². The van der Waals surface area contributed by atoms with Crippen molar-refractivity contribution in [1.29, 1.82) is 0 Å². The van der Waals surface area contributed by atoms with Crippen LogP contribution in [0.3, 0.4) is 0 Å². The second-order valence-electron chi connectivity index (χ2n) is 2.45. The van der Waals surface area contributed by atoms with Crippen LogP contribution in [-0.2, 0) is 0 Å². The second kappa shape index (κ2) is 3.30. The number of benzene rings is 1. The van der Waals surface area contributed by atoms with Gasteiger partial charge < -0.3 is 10.8 Å². The second-order valence-corrected chi connectivity index (χ2v) is 3.53. The normalized spacial score (nSPS) is 9.83. The minimum atomic E-state index is -0.103.